The molecule has 0 aliphatic carbocycles. The van der Waals surface area contributed by atoms with E-state index in [0.29, 0.717) is 16.5 Å². The topological polar surface area (TPSA) is 154 Å². The van der Waals surface area contributed by atoms with Crippen LogP contribution < -0.4 is 16.0 Å². The Morgan fingerprint density at radius 1 is 0.750 bits per heavy atom. The summed E-state index contributed by atoms with van der Waals surface area (Å²) >= 11 is 0. The molecule has 0 radical (unpaired) electrons. The van der Waals surface area contributed by atoms with Gasteiger partial charge in [-0.3, -0.25) is 14.2 Å². The lowest BCUT2D eigenvalue weighted by atomic mass is 10.0. The van der Waals surface area contributed by atoms with E-state index in [1.165, 1.54) is 4.57 Å². The Kier molecular flexibility index (Phi) is 11.9. The van der Waals surface area contributed by atoms with Crippen LogP contribution in [0.3, 0.4) is 0 Å². The first-order chi connectivity index (χ1) is 22.9. The van der Waals surface area contributed by atoms with Gasteiger partial charge in [-0.1, -0.05) is 78.9 Å². The number of hydrogen-bond acceptors (Lipinski definition) is 8. The van der Waals surface area contributed by atoms with Gasteiger partial charge in [0.25, 0.3) is 5.91 Å². The van der Waals surface area contributed by atoms with Crippen molar-refractivity contribution in [3.63, 3.8) is 0 Å². The number of hydrogen-bond donors (Lipinski definition) is 3. The molecular weight excluding hydrogens is 616 g/mol. The van der Waals surface area contributed by atoms with Gasteiger partial charge in [0, 0.05) is 18.0 Å². The van der Waals surface area contributed by atoms with Crippen molar-refractivity contribution < 1.29 is 38.2 Å². The third kappa shape index (κ3) is 10.4. The van der Waals surface area contributed by atoms with Crippen LogP contribution in [0, 0.1) is 0 Å². The van der Waals surface area contributed by atoms with E-state index in [1.807, 2.05) is 48.5 Å². The molecule has 2 unspecified atom stereocenters. The lowest BCUT2D eigenvalue weighted by Crippen LogP contribution is -2.47. The number of fused-ring (bicyclic) bond motifs is 1. The number of para-hydroxylation sites is 1. The number of amides is 3. The molecule has 1 heterocycles. The molecule has 2 atom stereocenters. The van der Waals surface area contributed by atoms with E-state index >= 15 is 0 Å². The van der Waals surface area contributed by atoms with E-state index in [0.717, 1.165) is 11.1 Å². The normalized spacial score (nSPS) is 12.3. The first-order valence-corrected chi connectivity index (χ1v) is 15.5. The van der Waals surface area contributed by atoms with Crippen LogP contribution in [0.25, 0.3) is 10.9 Å². The maximum absolute atomic E-state index is 13.6. The van der Waals surface area contributed by atoms with Gasteiger partial charge >= 0.3 is 18.2 Å². The summed E-state index contributed by atoms with van der Waals surface area (Å²) in [6.07, 6.45) is 0.00534. The van der Waals surface area contributed by atoms with Gasteiger partial charge in [-0.2, -0.15) is 0 Å². The van der Waals surface area contributed by atoms with Crippen molar-refractivity contribution >= 4 is 40.9 Å². The summed E-state index contributed by atoms with van der Waals surface area (Å²) in [6.45, 7) is 6.21. The number of rotatable bonds is 12. The van der Waals surface area contributed by atoms with Crippen molar-refractivity contribution in [2.45, 2.75) is 65.0 Å². The van der Waals surface area contributed by atoms with E-state index in [2.05, 4.69) is 16.0 Å². The Morgan fingerprint density at radius 2 is 1.33 bits per heavy atom. The predicted octanol–water partition coefficient (Wildman–Crippen LogP) is 4.89. The number of carbonyl (C=O) groups excluding carboxylic acids is 5. The van der Waals surface area contributed by atoms with Crippen molar-refractivity contribution in [2.75, 3.05) is 6.54 Å². The number of nitrogens with one attached hydrogen (secondary N) is 3. The van der Waals surface area contributed by atoms with Crippen LogP contribution in [0.15, 0.2) is 91.1 Å². The van der Waals surface area contributed by atoms with Gasteiger partial charge in [0.2, 0.25) is 5.91 Å². The molecule has 0 saturated heterocycles. The second kappa shape index (κ2) is 16.3. The zero-order valence-corrected chi connectivity index (χ0v) is 27.4. The van der Waals surface area contributed by atoms with Crippen LogP contribution in [0.4, 0.5) is 9.59 Å². The molecule has 4 aromatic rings. The van der Waals surface area contributed by atoms with Gasteiger partial charge in [-0.15, -0.1) is 0 Å². The Hall–Kier alpha value is -5.65. The van der Waals surface area contributed by atoms with E-state index < -0.39 is 54.2 Å². The Labute approximate surface area is 278 Å². The van der Waals surface area contributed by atoms with Gasteiger partial charge in [0.15, 0.2) is 0 Å². The van der Waals surface area contributed by atoms with E-state index in [-0.39, 0.29) is 19.6 Å². The lowest BCUT2D eigenvalue weighted by molar-refractivity contribution is -0.149. The molecule has 0 fully saturated rings. The third-order valence-electron chi connectivity index (χ3n) is 7.01. The zero-order valence-electron chi connectivity index (χ0n) is 27.4. The third-order valence-corrected chi connectivity index (χ3v) is 7.01. The van der Waals surface area contributed by atoms with Crippen LogP contribution in [-0.4, -0.2) is 58.8 Å². The van der Waals surface area contributed by atoms with Gasteiger partial charge < -0.3 is 30.2 Å². The van der Waals surface area contributed by atoms with Crippen molar-refractivity contribution in [1.82, 2.24) is 20.5 Å². The molecular formula is C36H40N4O8. The molecule has 3 amide bonds. The second-order valence-electron chi connectivity index (χ2n) is 12.1. The quantitative estimate of drug-likeness (QED) is 0.144. The minimum absolute atomic E-state index is 0.0218. The van der Waals surface area contributed by atoms with Gasteiger partial charge in [0.1, 0.15) is 37.4 Å². The van der Waals surface area contributed by atoms with Crippen molar-refractivity contribution in [1.29, 1.82) is 0 Å². The minimum atomic E-state index is -1.17. The van der Waals surface area contributed by atoms with Crippen LogP contribution in [0.5, 0.6) is 0 Å². The first-order valence-electron chi connectivity index (χ1n) is 15.5. The highest BCUT2D eigenvalue weighted by Gasteiger charge is 2.27. The predicted molar refractivity (Wildman–Crippen MR) is 178 cm³/mol. The van der Waals surface area contributed by atoms with E-state index in [9.17, 15) is 24.0 Å². The fourth-order valence-corrected chi connectivity index (χ4v) is 4.76. The van der Waals surface area contributed by atoms with Gasteiger partial charge in [0.05, 0.1) is 5.52 Å². The molecule has 0 saturated carbocycles. The highest BCUT2D eigenvalue weighted by Crippen LogP contribution is 2.24. The molecule has 0 aliphatic heterocycles. The lowest BCUT2D eigenvalue weighted by Gasteiger charge is -2.20. The fourth-order valence-electron chi connectivity index (χ4n) is 4.76. The molecule has 1 aromatic heterocycles. The number of esters is 1. The van der Waals surface area contributed by atoms with Crippen molar-refractivity contribution in [3.8, 4) is 0 Å². The average Bonchev–Trinajstić information content (AvgIpc) is 3.43. The SMILES string of the molecule is CC(NC(=O)OCc1ccccc1)C(=O)n1cc(CC(NC(=O)CNC(=O)OC(C)(C)C)C(=O)OCc2ccccc2)c2ccccc21. The molecule has 48 heavy (non-hydrogen) atoms. The molecule has 12 nitrogen and oxygen atoms in total. The zero-order chi connectivity index (χ0) is 34.7. The molecule has 3 aromatic carbocycles. The van der Waals surface area contributed by atoms with Gasteiger partial charge in [-0.25, -0.2) is 14.4 Å². The highest BCUT2D eigenvalue weighted by atomic mass is 16.6. The largest absolute Gasteiger partial charge is 0.459 e. The molecule has 252 valence electrons. The molecule has 0 aliphatic rings. The summed E-state index contributed by atoms with van der Waals surface area (Å²) < 4.78 is 17.4. The van der Waals surface area contributed by atoms with E-state index in [1.54, 1.807) is 70.3 Å². The monoisotopic (exact) mass is 656 g/mol. The second-order valence-corrected chi connectivity index (χ2v) is 12.1. The van der Waals surface area contributed by atoms with Crippen LogP contribution in [-0.2, 0) is 43.4 Å². The number of benzene rings is 3. The summed E-state index contributed by atoms with van der Waals surface area (Å²) in [6, 6.07) is 23.2. The fraction of sp³-hybridized carbons (Fsp3) is 0.306. The maximum atomic E-state index is 13.6. The molecule has 0 bridgehead atoms. The summed E-state index contributed by atoms with van der Waals surface area (Å²) in [5, 5.41) is 8.26. The molecule has 0 spiro atoms. The van der Waals surface area contributed by atoms with Crippen LogP contribution in [0.2, 0.25) is 0 Å². The number of carbonyl (C=O) groups is 5. The highest BCUT2D eigenvalue weighted by molar-refractivity contribution is 5.98. The summed E-state index contributed by atoms with van der Waals surface area (Å²) in [5.74, 6) is -1.79. The average molecular weight is 657 g/mol. The summed E-state index contributed by atoms with van der Waals surface area (Å²) in [7, 11) is 0. The summed E-state index contributed by atoms with van der Waals surface area (Å²) in [4.78, 5) is 64.4. The van der Waals surface area contributed by atoms with Crippen molar-refractivity contribution in [3.05, 3.63) is 108 Å². The maximum Gasteiger partial charge on any atom is 0.408 e. The standard InChI is InChI=1S/C36H40N4O8/c1-24(38-35(45)47-23-26-15-9-6-10-16-26)32(42)40-21-27(28-17-11-12-18-30(28)40)19-29(33(43)46-22-25-13-7-5-8-14-25)39-31(41)20-37-34(44)48-36(2,3)4/h5-18,21,24,29H,19-20,22-23H2,1-4H3,(H,37,44)(H,38,45)(H,39,41). The van der Waals surface area contributed by atoms with E-state index in [4.69, 9.17) is 14.2 Å². The smallest absolute Gasteiger partial charge is 0.408 e. The Balaban J connectivity index is 1.50. The van der Waals surface area contributed by atoms with Crippen LogP contribution in [0.1, 0.15) is 49.2 Å². The number of nitrogens with zero attached hydrogens (tertiary/aromatic N) is 1. The number of aromatic nitrogens is 1. The number of alkyl carbamates (subject to hydrolysis) is 2. The Bertz CT molecular complexity index is 1730. The Morgan fingerprint density at radius 3 is 1.96 bits per heavy atom. The molecule has 12 heteroatoms. The summed E-state index contributed by atoms with van der Waals surface area (Å²) in [5.41, 5.74) is 1.91. The first kappa shape index (κ1) is 35.2. The van der Waals surface area contributed by atoms with Crippen LogP contribution >= 0.6 is 0 Å². The van der Waals surface area contributed by atoms with Gasteiger partial charge in [-0.05, 0) is 50.5 Å². The number of ether oxygens (including phenoxy) is 3. The van der Waals surface area contributed by atoms with Crippen molar-refractivity contribution in [2.24, 2.45) is 0 Å². The molecule has 4 rings (SSSR count). The minimum Gasteiger partial charge on any atom is -0.459 e. The molecule has 3 N–H and O–H groups in total.